The second-order valence-corrected chi connectivity index (χ2v) is 3.38. The molecular weight excluding hydrogens is 202 g/mol. The smallest absolute Gasteiger partial charge is 0.118 e. The van der Waals surface area contributed by atoms with E-state index in [4.69, 9.17) is 15.9 Å². The molecule has 0 aromatic heterocycles. The Morgan fingerprint density at radius 1 is 0.875 bits per heavy atom. The number of aromatic hydroxyl groups is 2. The van der Waals surface area contributed by atoms with Gasteiger partial charge in [0.15, 0.2) is 0 Å². The van der Waals surface area contributed by atoms with Gasteiger partial charge >= 0.3 is 0 Å². The van der Waals surface area contributed by atoms with E-state index >= 15 is 0 Å². The van der Waals surface area contributed by atoms with Crippen LogP contribution >= 0.6 is 0 Å². The molecule has 84 valence electrons. The molecule has 0 bridgehead atoms. The molecule has 0 aliphatic heterocycles. The number of phenols is 2. The number of aryl methyl sites for hydroxylation is 1. The Morgan fingerprint density at radius 3 is 1.81 bits per heavy atom. The maximum atomic E-state index is 8.92. The van der Waals surface area contributed by atoms with E-state index in [0.717, 1.165) is 5.56 Å². The van der Waals surface area contributed by atoms with Gasteiger partial charge in [0.25, 0.3) is 0 Å². The summed E-state index contributed by atoms with van der Waals surface area (Å²) in [5.74, 6) is 0.617. The summed E-state index contributed by atoms with van der Waals surface area (Å²) in [7, 11) is 0. The molecule has 2 rings (SSSR count). The second-order valence-electron chi connectivity index (χ2n) is 3.38. The Labute approximate surface area is 94.8 Å². The number of hydrogen-bond donors (Lipinski definition) is 3. The van der Waals surface area contributed by atoms with Crippen molar-refractivity contribution < 1.29 is 10.2 Å². The van der Waals surface area contributed by atoms with Crippen LogP contribution in [0.4, 0.5) is 5.69 Å². The monoisotopic (exact) mass is 217 g/mol. The SMILES string of the molecule is Cc1ccccc1O.Nc1ccc(O)cc1. The zero-order valence-electron chi connectivity index (χ0n) is 9.09. The minimum atomic E-state index is 0.249. The molecule has 0 radical (unpaired) electrons. The van der Waals surface area contributed by atoms with Crippen molar-refractivity contribution in [1.82, 2.24) is 0 Å². The van der Waals surface area contributed by atoms with Gasteiger partial charge in [-0.2, -0.15) is 0 Å². The molecule has 0 saturated carbocycles. The average molecular weight is 217 g/mol. The van der Waals surface area contributed by atoms with Gasteiger partial charge in [0.1, 0.15) is 11.5 Å². The number of nitrogens with two attached hydrogens (primary N) is 1. The summed E-state index contributed by atoms with van der Waals surface area (Å²) in [6, 6.07) is 13.7. The fourth-order valence-electron chi connectivity index (χ4n) is 1.04. The maximum absolute atomic E-state index is 8.92. The van der Waals surface area contributed by atoms with E-state index in [9.17, 15) is 0 Å². The van der Waals surface area contributed by atoms with E-state index in [1.54, 1.807) is 30.3 Å². The zero-order valence-corrected chi connectivity index (χ0v) is 9.09. The molecule has 0 amide bonds. The molecule has 3 heteroatoms. The second kappa shape index (κ2) is 5.66. The third kappa shape index (κ3) is 3.92. The van der Waals surface area contributed by atoms with Crippen LogP contribution in [0.2, 0.25) is 0 Å². The predicted molar refractivity (Wildman–Crippen MR) is 65.4 cm³/mol. The highest BCUT2D eigenvalue weighted by molar-refractivity contribution is 5.40. The number of phenolic OH excluding ortho intramolecular Hbond substituents is 2. The molecule has 16 heavy (non-hydrogen) atoms. The lowest BCUT2D eigenvalue weighted by Crippen LogP contribution is -1.80. The molecule has 0 aliphatic carbocycles. The van der Waals surface area contributed by atoms with Crippen LogP contribution in [0, 0.1) is 6.92 Å². The quantitative estimate of drug-likeness (QED) is 0.469. The molecule has 4 N–H and O–H groups in total. The third-order valence-corrected chi connectivity index (χ3v) is 2.01. The van der Waals surface area contributed by atoms with Gasteiger partial charge < -0.3 is 15.9 Å². The Balaban J connectivity index is 0.000000160. The molecule has 0 atom stereocenters. The van der Waals surface area contributed by atoms with E-state index < -0.39 is 0 Å². The van der Waals surface area contributed by atoms with Crippen LogP contribution in [0.15, 0.2) is 48.5 Å². The molecule has 0 saturated heterocycles. The molecule has 3 nitrogen and oxygen atoms in total. The van der Waals surface area contributed by atoms with Gasteiger partial charge in [-0.05, 0) is 42.8 Å². The van der Waals surface area contributed by atoms with Crippen LogP contribution in [0.25, 0.3) is 0 Å². The van der Waals surface area contributed by atoms with Gasteiger partial charge in [0, 0.05) is 5.69 Å². The number of benzene rings is 2. The first-order valence-corrected chi connectivity index (χ1v) is 4.88. The van der Waals surface area contributed by atoms with Crippen LogP contribution < -0.4 is 5.73 Å². The number of hydrogen-bond acceptors (Lipinski definition) is 3. The van der Waals surface area contributed by atoms with Crippen LogP contribution in [0.1, 0.15) is 5.56 Å². The average Bonchev–Trinajstić information content (AvgIpc) is 2.28. The van der Waals surface area contributed by atoms with Crippen molar-refractivity contribution in [2.45, 2.75) is 6.92 Å². The lowest BCUT2D eigenvalue weighted by atomic mass is 10.2. The van der Waals surface area contributed by atoms with Crippen molar-refractivity contribution in [3.8, 4) is 11.5 Å². The molecule has 0 fully saturated rings. The molecule has 0 spiro atoms. The number of rotatable bonds is 0. The van der Waals surface area contributed by atoms with Crippen LogP contribution in [0.3, 0.4) is 0 Å². The molecule has 0 heterocycles. The van der Waals surface area contributed by atoms with Gasteiger partial charge in [-0.15, -0.1) is 0 Å². The van der Waals surface area contributed by atoms with Crippen molar-refractivity contribution >= 4 is 5.69 Å². The van der Waals surface area contributed by atoms with E-state index in [2.05, 4.69) is 0 Å². The summed E-state index contributed by atoms with van der Waals surface area (Å²) >= 11 is 0. The van der Waals surface area contributed by atoms with Crippen LogP contribution in [0.5, 0.6) is 11.5 Å². The fraction of sp³-hybridized carbons (Fsp3) is 0.0769. The summed E-state index contributed by atoms with van der Waals surface area (Å²) in [4.78, 5) is 0. The molecule has 0 unspecified atom stereocenters. The van der Waals surface area contributed by atoms with Crippen LogP contribution in [-0.4, -0.2) is 10.2 Å². The highest BCUT2D eigenvalue weighted by Gasteiger charge is 1.87. The first kappa shape index (κ1) is 11.9. The Kier molecular flexibility index (Phi) is 4.21. The number of nitrogen functional groups attached to an aromatic ring is 1. The van der Waals surface area contributed by atoms with Gasteiger partial charge in [0.05, 0.1) is 0 Å². The van der Waals surface area contributed by atoms with Crippen molar-refractivity contribution in [2.75, 3.05) is 5.73 Å². The van der Waals surface area contributed by atoms with Crippen molar-refractivity contribution in [2.24, 2.45) is 0 Å². The highest BCUT2D eigenvalue weighted by Crippen LogP contribution is 2.12. The van der Waals surface area contributed by atoms with Gasteiger partial charge in [-0.25, -0.2) is 0 Å². The van der Waals surface area contributed by atoms with Crippen molar-refractivity contribution in [3.05, 3.63) is 54.1 Å². The van der Waals surface area contributed by atoms with Gasteiger partial charge in [0.2, 0.25) is 0 Å². The third-order valence-electron chi connectivity index (χ3n) is 2.01. The Morgan fingerprint density at radius 2 is 1.44 bits per heavy atom. The summed E-state index contributed by atoms with van der Waals surface area (Å²) < 4.78 is 0. The maximum Gasteiger partial charge on any atom is 0.118 e. The Hall–Kier alpha value is -2.16. The van der Waals surface area contributed by atoms with Crippen LogP contribution in [-0.2, 0) is 0 Å². The predicted octanol–water partition coefficient (Wildman–Crippen LogP) is 2.68. The first-order valence-electron chi connectivity index (χ1n) is 4.88. The molecule has 2 aromatic rings. The fourth-order valence-corrected chi connectivity index (χ4v) is 1.04. The largest absolute Gasteiger partial charge is 0.508 e. The van der Waals surface area contributed by atoms with Crippen molar-refractivity contribution in [3.63, 3.8) is 0 Å². The number of para-hydroxylation sites is 1. The minimum Gasteiger partial charge on any atom is -0.508 e. The summed E-state index contributed by atoms with van der Waals surface area (Å²) in [6.45, 7) is 1.87. The first-order chi connectivity index (χ1) is 7.59. The lowest BCUT2D eigenvalue weighted by molar-refractivity contribution is 0.471. The van der Waals surface area contributed by atoms with E-state index in [0.29, 0.717) is 11.4 Å². The van der Waals surface area contributed by atoms with E-state index in [1.807, 2.05) is 25.1 Å². The Bertz CT molecular complexity index is 396. The zero-order chi connectivity index (χ0) is 12.0. The molecular formula is C13H15NO2. The van der Waals surface area contributed by atoms with Crippen molar-refractivity contribution in [1.29, 1.82) is 0 Å². The standard InChI is InChI=1S/C7H8O.C6H7NO/c1-6-4-2-3-5-7(6)8;7-5-1-3-6(8)4-2-5/h2-5,8H,1H3;1-4,8H,7H2. The minimum absolute atomic E-state index is 0.249. The summed E-state index contributed by atoms with van der Waals surface area (Å²) in [6.07, 6.45) is 0. The lowest BCUT2D eigenvalue weighted by Gasteiger charge is -1.92. The highest BCUT2D eigenvalue weighted by atomic mass is 16.3. The summed E-state index contributed by atoms with van der Waals surface area (Å²) in [5.41, 5.74) is 6.91. The van der Waals surface area contributed by atoms with E-state index in [-0.39, 0.29) is 5.75 Å². The molecule has 0 aliphatic rings. The van der Waals surface area contributed by atoms with E-state index in [1.165, 1.54) is 0 Å². The number of anilines is 1. The normalized spacial score (nSPS) is 9.06. The topological polar surface area (TPSA) is 66.5 Å². The van der Waals surface area contributed by atoms with Gasteiger partial charge in [-0.1, -0.05) is 18.2 Å². The molecule has 2 aromatic carbocycles. The van der Waals surface area contributed by atoms with Gasteiger partial charge in [-0.3, -0.25) is 0 Å². The summed E-state index contributed by atoms with van der Waals surface area (Å²) in [5, 5.41) is 17.6.